The van der Waals surface area contributed by atoms with Crippen LogP contribution in [-0.4, -0.2) is 28.6 Å². The number of nitrogens with one attached hydrogen (secondary N) is 1. The van der Waals surface area contributed by atoms with E-state index in [9.17, 15) is 9.59 Å². The van der Waals surface area contributed by atoms with Gasteiger partial charge in [-0.3, -0.25) is 4.79 Å². The maximum absolute atomic E-state index is 11.6. The van der Waals surface area contributed by atoms with Crippen molar-refractivity contribution >= 4 is 11.9 Å². The van der Waals surface area contributed by atoms with Crippen molar-refractivity contribution in [3.05, 3.63) is 24.0 Å². The van der Waals surface area contributed by atoms with Gasteiger partial charge < -0.3 is 14.6 Å². The van der Waals surface area contributed by atoms with Crippen molar-refractivity contribution < 1.29 is 14.3 Å². The molecule has 0 aliphatic rings. The molecule has 0 radical (unpaired) electrons. The average Bonchev–Trinajstić information content (AvgIpc) is 2.58. The second-order valence-electron chi connectivity index (χ2n) is 4.88. The van der Waals surface area contributed by atoms with Gasteiger partial charge in [-0.25, -0.2) is 4.79 Å². The maximum atomic E-state index is 11.6. The largest absolute Gasteiger partial charge is 0.451 e. The molecule has 0 spiro atoms. The smallest absolute Gasteiger partial charge is 0.355 e. The van der Waals surface area contributed by atoms with Gasteiger partial charge in [0.2, 0.25) is 0 Å². The number of esters is 1. The SMILES string of the molecule is Cn1cccc1C(=O)OCC(=O)NC(C)(C)C. The molecule has 0 aromatic carbocycles. The van der Waals surface area contributed by atoms with E-state index in [2.05, 4.69) is 5.32 Å². The third kappa shape index (κ3) is 4.30. The Kier molecular flexibility index (Phi) is 3.93. The van der Waals surface area contributed by atoms with E-state index in [1.807, 2.05) is 20.8 Å². The second kappa shape index (κ2) is 5.03. The zero-order chi connectivity index (χ0) is 13.1. The molecule has 1 aromatic heterocycles. The minimum absolute atomic E-state index is 0.263. The molecule has 1 amide bonds. The van der Waals surface area contributed by atoms with Gasteiger partial charge in [0.1, 0.15) is 5.69 Å². The van der Waals surface area contributed by atoms with Crippen LogP contribution >= 0.6 is 0 Å². The van der Waals surface area contributed by atoms with Crippen molar-refractivity contribution in [1.29, 1.82) is 0 Å². The number of aromatic nitrogens is 1. The zero-order valence-electron chi connectivity index (χ0n) is 10.6. The van der Waals surface area contributed by atoms with Crippen molar-refractivity contribution in [3.63, 3.8) is 0 Å². The van der Waals surface area contributed by atoms with E-state index in [4.69, 9.17) is 4.74 Å². The van der Waals surface area contributed by atoms with Crippen LogP contribution in [0.5, 0.6) is 0 Å². The molecule has 0 aliphatic heterocycles. The van der Waals surface area contributed by atoms with Gasteiger partial charge in [-0.2, -0.15) is 0 Å². The summed E-state index contributed by atoms with van der Waals surface area (Å²) in [6.45, 7) is 5.33. The Labute approximate surface area is 101 Å². The van der Waals surface area contributed by atoms with E-state index in [0.717, 1.165) is 0 Å². The lowest BCUT2D eigenvalue weighted by atomic mass is 10.1. The normalized spacial score (nSPS) is 11.1. The predicted octanol–water partition coefficient (Wildman–Crippen LogP) is 1.10. The number of amides is 1. The predicted molar refractivity (Wildman–Crippen MR) is 63.6 cm³/mol. The Morgan fingerprint density at radius 3 is 2.53 bits per heavy atom. The molecule has 17 heavy (non-hydrogen) atoms. The fourth-order valence-electron chi connectivity index (χ4n) is 1.33. The summed E-state index contributed by atoms with van der Waals surface area (Å²) in [7, 11) is 1.74. The van der Waals surface area contributed by atoms with E-state index in [1.165, 1.54) is 0 Å². The van der Waals surface area contributed by atoms with Crippen molar-refractivity contribution in [3.8, 4) is 0 Å². The van der Waals surface area contributed by atoms with Crippen LogP contribution < -0.4 is 5.32 Å². The van der Waals surface area contributed by atoms with Crippen molar-refractivity contribution in [2.75, 3.05) is 6.61 Å². The molecule has 1 N–H and O–H groups in total. The van der Waals surface area contributed by atoms with Gasteiger partial charge in [0.15, 0.2) is 6.61 Å². The zero-order valence-corrected chi connectivity index (χ0v) is 10.6. The Morgan fingerprint density at radius 1 is 1.41 bits per heavy atom. The van der Waals surface area contributed by atoms with Crippen LogP contribution in [0.2, 0.25) is 0 Å². The first-order valence-electron chi connectivity index (χ1n) is 5.39. The summed E-state index contributed by atoms with van der Waals surface area (Å²) in [5.41, 5.74) is 0.0997. The standard InChI is InChI=1S/C12H18N2O3/c1-12(2,3)13-10(15)8-17-11(16)9-6-5-7-14(9)4/h5-7H,8H2,1-4H3,(H,13,15). The third-order valence-electron chi connectivity index (χ3n) is 2.00. The molecule has 0 atom stereocenters. The van der Waals surface area contributed by atoms with Gasteiger partial charge in [-0.15, -0.1) is 0 Å². The number of rotatable bonds is 3. The molecule has 5 nitrogen and oxygen atoms in total. The molecule has 0 fully saturated rings. The van der Waals surface area contributed by atoms with Crippen molar-refractivity contribution in [2.24, 2.45) is 7.05 Å². The summed E-state index contributed by atoms with van der Waals surface area (Å²) < 4.78 is 6.55. The highest BCUT2D eigenvalue weighted by atomic mass is 16.5. The van der Waals surface area contributed by atoms with Gasteiger partial charge >= 0.3 is 5.97 Å². The molecule has 5 heteroatoms. The summed E-state index contributed by atoms with van der Waals surface area (Å²) in [6.07, 6.45) is 1.74. The fraction of sp³-hybridized carbons (Fsp3) is 0.500. The van der Waals surface area contributed by atoms with Crippen LogP contribution in [0.1, 0.15) is 31.3 Å². The van der Waals surface area contributed by atoms with Crippen LogP contribution in [0.25, 0.3) is 0 Å². The van der Waals surface area contributed by atoms with Crippen molar-refractivity contribution in [2.45, 2.75) is 26.3 Å². The first-order chi connectivity index (χ1) is 7.79. The van der Waals surface area contributed by atoms with Crippen molar-refractivity contribution in [1.82, 2.24) is 9.88 Å². The number of hydrogen-bond acceptors (Lipinski definition) is 3. The van der Waals surface area contributed by atoms with E-state index < -0.39 is 5.97 Å². The first-order valence-corrected chi connectivity index (χ1v) is 5.39. The second-order valence-corrected chi connectivity index (χ2v) is 4.88. The monoisotopic (exact) mass is 238 g/mol. The van der Waals surface area contributed by atoms with Gasteiger partial charge in [0.25, 0.3) is 5.91 Å². The molecule has 1 heterocycles. The molecule has 0 bridgehead atoms. The molecule has 1 rings (SSSR count). The van der Waals surface area contributed by atoms with Crippen LogP contribution in [0.4, 0.5) is 0 Å². The lowest BCUT2D eigenvalue weighted by Gasteiger charge is -2.20. The number of hydrogen-bond donors (Lipinski definition) is 1. The van der Waals surface area contributed by atoms with Crippen LogP contribution in [-0.2, 0) is 16.6 Å². The average molecular weight is 238 g/mol. The van der Waals surface area contributed by atoms with Crippen LogP contribution in [0.3, 0.4) is 0 Å². The van der Waals surface area contributed by atoms with E-state index >= 15 is 0 Å². The Balaban J connectivity index is 2.45. The van der Waals surface area contributed by atoms with Crippen LogP contribution in [0.15, 0.2) is 18.3 Å². The highest BCUT2D eigenvalue weighted by Crippen LogP contribution is 2.02. The highest BCUT2D eigenvalue weighted by molar-refractivity contribution is 5.90. The maximum Gasteiger partial charge on any atom is 0.355 e. The van der Waals surface area contributed by atoms with E-state index in [1.54, 1.807) is 29.9 Å². The third-order valence-corrected chi connectivity index (χ3v) is 2.00. The first kappa shape index (κ1) is 13.3. The highest BCUT2D eigenvalue weighted by Gasteiger charge is 2.16. The topological polar surface area (TPSA) is 60.3 Å². The molecule has 94 valence electrons. The van der Waals surface area contributed by atoms with Gasteiger partial charge in [-0.1, -0.05) is 0 Å². The summed E-state index contributed by atoms with van der Waals surface area (Å²) in [5, 5.41) is 2.71. The molecular weight excluding hydrogens is 220 g/mol. The summed E-state index contributed by atoms with van der Waals surface area (Å²) >= 11 is 0. The number of nitrogens with zero attached hydrogens (tertiary/aromatic N) is 1. The summed E-state index contributed by atoms with van der Waals surface area (Å²) in [6, 6.07) is 3.38. The molecule has 0 aliphatic carbocycles. The van der Waals surface area contributed by atoms with Crippen LogP contribution in [0, 0.1) is 0 Å². The fourth-order valence-corrected chi connectivity index (χ4v) is 1.33. The number of ether oxygens (including phenoxy) is 1. The number of carbonyl (C=O) groups is 2. The lowest BCUT2D eigenvalue weighted by Crippen LogP contribution is -2.42. The Hall–Kier alpha value is -1.78. The Bertz CT molecular complexity index is 416. The number of carbonyl (C=O) groups excluding carboxylic acids is 2. The minimum atomic E-state index is -0.499. The van der Waals surface area contributed by atoms with Gasteiger partial charge in [0.05, 0.1) is 0 Å². The van der Waals surface area contributed by atoms with E-state index in [0.29, 0.717) is 5.69 Å². The number of aryl methyl sites for hydroxylation is 1. The molecule has 0 saturated carbocycles. The van der Waals surface area contributed by atoms with E-state index in [-0.39, 0.29) is 18.1 Å². The quantitative estimate of drug-likeness (QED) is 0.802. The lowest BCUT2D eigenvalue weighted by molar-refractivity contribution is -0.125. The summed E-state index contributed by atoms with van der Waals surface area (Å²) in [5.74, 6) is -0.804. The Morgan fingerprint density at radius 2 is 2.06 bits per heavy atom. The van der Waals surface area contributed by atoms with Gasteiger partial charge in [0, 0.05) is 18.8 Å². The summed E-state index contributed by atoms with van der Waals surface area (Å²) in [4.78, 5) is 23.0. The molecular formula is C12H18N2O3. The minimum Gasteiger partial charge on any atom is -0.451 e. The molecule has 0 unspecified atom stereocenters. The molecule has 1 aromatic rings. The molecule has 0 saturated heterocycles. The van der Waals surface area contributed by atoms with Gasteiger partial charge in [-0.05, 0) is 32.9 Å².